The van der Waals surface area contributed by atoms with Gasteiger partial charge in [-0.05, 0) is 49.4 Å². The SMILES string of the molecule is CC1=C(C(=O)Nc2cccnc2)C(c2ccccc2Cl)n2nc(-c3ccc(N(C)C)cc3)nc2N1. The second kappa shape index (κ2) is 9.23. The first-order chi connectivity index (χ1) is 16.9. The van der Waals surface area contributed by atoms with Gasteiger partial charge in [-0.25, -0.2) is 4.68 Å². The van der Waals surface area contributed by atoms with Crippen molar-refractivity contribution < 1.29 is 4.79 Å². The molecule has 9 heteroatoms. The molecule has 2 aromatic heterocycles. The van der Waals surface area contributed by atoms with Gasteiger partial charge in [0.1, 0.15) is 6.04 Å². The Kier molecular flexibility index (Phi) is 5.96. The number of rotatable bonds is 5. The van der Waals surface area contributed by atoms with Crippen molar-refractivity contribution >= 4 is 34.8 Å². The van der Waals surface area contributed by atoms with E-state index >= 15 is 0 Å². The van der Waals surface area contributed by atoms with Crippen LogP contribution in [0.1, 0.15) is 18.5 Å². The quantitative estimate of drug-likeness (QED) is 0.414. The van der Waals surface area contributed by atoms with E-state index in [0.29, 0.717) is 33.8 Å². The van der Waals surface area contributed by atoms with Crippen molar-refractivity contribution in [1.29, 1.82) is 0 Å². The lowest BCUT2D eigenvalue weighted by Gasteiger charge is -2.29. The van der Waals surface area contributed by atoms with Gasteiger partial charge in [-0.3, -0.25) is 9.78 Å². The summed E-state index contributed by atoms with van der Waals surface area (Å²) in [5.74, 6) is 0.819. The summed E-state index contributed by atoms with van der Waals surface area (Å²) >= 11 is 6.62. The first kappa shape index (κ1) is 22.6. The van der Waals surface area contributed by atoms with Crippen LogP contribution in [0.2, 0.25) is 5.02 Å². The summed E-state index contributed by atoms with van der Waals surface area (Å²) in [7, 11) is 3.99. The molecule has 176 valence electrons. The van der Waals surface area contributed by atoms with E-state index in [-0.39, 0.29) is 5.91 Å². The normalized spacial score (nSPS) is 14.8. The summed E-state index contributed by atoms with van der Waals surface area (Å²) in [6, 6.07) is 18.5. The Labute approximate surface area is 208 Å². The molecule has 0 saturated carbocycles. The number of pyridine rings is 1. The van der Waals surface area contributed by atoms with E-state index in [2.05, 4.69) is 15.6 Å². The van der Waals surface area contributed by atoms with E-state index in [4.69, 9.17) is 21.7 Å². The Balaban J connectivity index is 1.59. The van der Waals surface area contributed by atoms with Crippen molar-refractivity contribution in [3.63, 3.8) is 0 Å². The number of halogens is 1. The first-order valence-electron chi connectivity index (χ1n) is 11.1. The zero-order valence-corrected chi connectivity index (χ0v) is 20.3. The van der Waals surface area contributed by atoms with Crippen molar-refractivity contribution in [1.82, 2.24) is 19.7 Å². The van der Waals surface area contributed by atoms with Crippen LogP contribution in [0.15, 0.2) is 84.3 Å². The lowest BCUT2D eigenvalue weighted by Crippen LogP contribution is -2.31. The molecule has 3 heterocycles. The van der Waals surface area contributed by atoms with Gasteiger partial charge in [0.25, 0.3) is 5.91 Å². The number of hydrogen-bond acceptors (Lipinski definition) is 6. The van der Waals surface area contributed by atoms with Crippen LogP contribution in [0, 0.1) is 0 Å². The van der Waals surface area contributed by atoms with Gasteiger partial charge in [0.05, 0.1) is 17.5 Å². The number of hydrogen-bond donors (Lipinski definition) is 2. The molecule has 1 amide bonds. The van der Waals surface area contributed by atoms with Gasteiger partial charge < -0.3 is 15.5 Å². The highest BCUT2D eigenvalue weighted by Gasteiger charge is 2.35. The van der Waals surface area contributed by atoms with Crippen LogP contribution < -0.4 is 15.5 Å². The molecule has 1 aliphatic rings. The van der Waals surface area contributed by atoms with Gasteiger partial charge in [0.2, 0.25) is 5.95 Å². The third kappa shape index (κ3) is 4.36. The molecule has 1 aliphatic heterocycles. The number of carbonyl (C=O) groups excluding carboxylic acids is 1. The number of benzene rings is 2. The highest BCUT2D eigenvalue weighted by atomic mass is 35.5. The van der Waals surface area contributed by atoms with Gasteiger partial charge in [-0.1, -0.05) is 29.8 Å². The predicted octanol–water partition coefficient (Wildman–Crippen LogP) is 4.99. The second-order valence-electron chi connectivity index (χ2n) is 8.43. The lowest BCUT2D eigenvalue weighted by molar-refractivity contribution is -0.113. The Morgan fingerprint density at radius 1 is 1.09 bits per heavy atom. The number of anilines is 3. The third-order valence-corrected chi connectivity index (χ3v) is 6.20. The summed E-state index contributed by atoms with van der Waals surface area (Å²) in [4.78, 5) is 24.4. The summed E-state index contributed by atoms with van der Waals surface area (Å²) in [5.41, 5.74) is 4.47. The largest absolute Gasteiger partial charge is 0.378 e. The molecule has 0 saturated heterocycles. The summed E-state index contributed by atoms with van der Waals surface area (Å²) < 4.78 is 1.72. The monoisotopic (exact) mass is 485 g/mol. The maximum absolute atomic E-state index is 13.5. The molecule has 5 rings (SSSR count). The van der Waals surface area contributed by atoms with Crippen molar-refractivity contribution in [2.45, 2.75) is 13.0 Å². The van der Waals surface area contributed by atoms with Crippen molar-refractivity contribution in [3.8, 4) is 11.4 Å². The molecule has 0 spiro atoms. The number of nitrogens with zero attached hydrogens (tertiary/aromatic N) is 5. The fourth-order valence-corrected chi connectivity index (χ4v) is 4.33. The fraction of sp³-hybridized carbons (Fsp3) is 0.154. The van der Waals surface area contributed by atoms with Crippen LogP contribution in [0.4, 0.5) is 17.3 Å². The minimum absolute atomic E-state index is 0.272. The summed E-state index contributed by atoms with van der Waals surface area (Å²) in [6.45, 7) is 1.85. The van der Waals surface area contributed by atoms with Crippen LogP contribution in [-0.4, -0.2) is 39.8 Å². The number of nitrogens with one attached hydrogen (secondary N) is 2. The smallest absolute Gasteiger partial charge is 0.255 e. The average Bonchev–Trinajstić information content (AvgIpc) is 3.28. The second-order valence-corrected chi connectivity index (χ2v) is 8.84. The van der Waals surface area contributed by atoms with E-state index < -0.39 is 6.04 Å². The van der Waals surface area contributed by atoms with Gasteiger partial charge in [-0.15, -0.1) is 5.10 Å². The lowest BCUT2D eigenvalue weighted by atomic mass is 9.95. The number of amides is 1. The zero-order valence-electron chi connectivity index (χ0n) is 19.5. The van der Waals surface area contributed by atoms with Crippen LogP contribution in [0.3, 0.4) is 0 Å². The molecule has 0 radical (unpaired) electrons. The maximum atomic E-state index is 13.5. The van der Waals surface area contributed by atoms with Crippen LogP contribution >= 0.6 is 11.6 Å². The molecule has 0 aliphatic carbocycles. The van der Waals surface area contributed by atoms with Crippen molar-refractivity contribution in [2.24, 2.45) is 0 Å². The Bertz CT molecular complexity index is 1410. The van der Waals surface area contributed by atoms with E-state index in [9.17, 15) is 4.79 Å². The molecule has 2 N–H and O–H groups in total. The van der Waals surface area contributed by atoms with E-state index in [0.717, 1.165) is 16.8 Å². The van der Waals surface area contributed by atoms with E-state index in [1.807, 2.05) is 74.4 Å². The maximum Gasteiger partial charge on any atom is 0.255 e. The average molecular weight is 486 g/mol. The number of aromatic nitrogens is 4. The predicted molar refractivity (Wildman–Crippen MR) is 139 cm³/mol. The van der Waals surface area contributed by atoms with E-state index in [1.165, 1.54) is 0 Å². The molecule has 1 atom stereocenters. The Hall–Kier alpha value is -4.17. The van der Waals surface area contributed by atoms with Crippen molar-refractivity contribution in [2.75, 3.05) is 29.6 Å². The molecular formula is C26H24ClN7O. The Morgan fingerprint density at radius 2 is 1.86 bits per heavy atom. The molecule has 1 unspecified atom stereocenters. The standard InChI is InChI=1S/C26H24ClN7O/c1-16-22(25(35)30-18-7-6-14-28-15-18)23(20-8-4-5-9-21(20)27)34-26(29-16)31-24(32-34)17-10-12-19(13-11-17)33(2)3/h4-15,23H,1-3H3,(H,30,35)(H,29,31,32). The number of carbonyl (C=O) groups is 1. The molecule has 35 heavy (non-hydrogen) atoms. The number of allylic oxidation sites excluding steroid dienone is 1. The minimum atomic E-state index is -0.570. The summed E-state index contributed by atoms with van der Waals surface area (Å²) in [6.07, 6.45) is 3.26. The van der Waals surface area contributed by atoms with Gasteiger partial charge in [-0.2, -0.15) is 4.98 Å². The van der Waals surface area contributed by atoms with Gasteiger partial charge >= 0.3 is 0 Å². The molecular weight excluding hydrogens is 462 g/mol. The Morgan fingerprint density at radius 3 is 2.54 bits per heavy atom. The topological polar surface area (TPSA) is 88.0 Å². The van der Waals surface area contributed by atoms with Crippen LogP contribution in [0.5, 0.6) is 0 Å². The van der Waals surface area contributed by atoms with Crippen LogP contribution in [0.25, 0.3) is 11.4 Å². The fourth-order valence-electron chi connectivity index (χ4n) is 4.10. The zero-order chi connectivity index (χ0) is 24.5. The highest BCUT2D eigenvalue weighted by Crippen LogP contribution is 2.39. The molecule has 8 nitrogen and oxygen atoms in total. The number of fused-ring (bicyclic) bond motifs is 1. The van der Waals surface area contributed by atoms with Crippen LogP contribution in [-0.2, 0) is 4.79 Å². The first-order valence-corrected chi connectivity index (χ1v) is 11.5. The minimum Gasteiger partial charge on any atom is -0.378 e. The molecule has 4 aromatic rings. The third-order valence-electron chi connectivity index (χ3n) is 5.86. The highest BCUT2D eigenvalue weighted by molar-refractivity contribution is 6.31. The summed E-state index contributed by atoms with van der Waals surface area (Å²) in [5, 5.41) is 11.5. The van der Waals surface area contributed by atoms with Crippen molar-refractivity contribution in [3.05, 3.63) is 94.9 Å². The van der Waals surface area contributed by atoms with E-state index in [1.54, 1.807) is 29.2 Å². The van der Waals surface area contributed by atoms with Gasteiger partial charge in [0.15, 0.2) is 5.82 Å². The molecule has 0 fully saturated rings. The molecule has 2 aromatic carbocycles. The van der Waals surface area contributed by atoms with Gasteiger partial charge in [0, 0.05) is 47.8 Å². The molecule has 0 bridgehead atoms.